The Balaban J connectivity index is 2.04. The lowest BCUT2D eigenvalue weighted by Gasteiger charge is -2.54. The van der Waals surface area contributed by atoms with Gasteiger partial charge in [-0.25, -0.2) is 0 Å². The first-order chi connectivity index (χ1) is 9.46. The number of hydrogen-bond acceptors (Lipinski definition) is 2. The Kier molecular flexibility index (Phi) is 2.16. The number of carbonyl (C=O) groups is 1. The average molecular weight is 269 g/mol. The molecule has 1 aromatic rings. The normalized spacial score (nSPS) is 40.8. The van der Waals surface area contributed by atoms with E-state index in [2.05, 4.69) is 50.4 Å². The van der Waals surface area contributed by atoms with Crippen LogP contribution in [0.25, 0.3) is 0 Å². The standard InChI is InChI=1S/C18H23NO/c1-12-7-6-10-17-11-15(20)16(2,3)18(12,17)19-14-9-5-4-8-13(14)17/h4-5,8-9,12,19H,6-7,10-11H2,1-3H3/t12-,17?,18?/m1/s1. The summed E-state index contributed by atoms with van der Waals surface area (Å²) in [7, 11) is 0. The first-order valence-corrected chi connectivity index (χ1v) is 7.87. The van der Waals surface area contributed by atoms with Crippen molar-refractivity contribution in [2.75, 3.05) is 5.32 Å². The largest absolute Gasteiger partial charge is 0.377 e. The van der Waals surface area contributed by atoms with Crippen molar-refractivity contribution in [2.45, 2.75) is 57.4 Å². The van der Waals surface area contributed by atoms with E-state index < -0.39 is 0 Å². The van der Waals surface area contributed by atoms with Crippen LogP contribution in [0.5, 0.6) is 0 Å². The highest BCUT2D eigenvalue weighted by Gasteiger charge is 2.74. The molecule has 0 aromatic heterocycles. The van der Waals surface area contributed by atoms with Crippen molar-refractivity contribution in [3.05, 3.63) is 29.8 Å². The summed E-state index contributed by atoms with van der Waals surface area (Å²) in [4.78, 5) is 12.8. The molecule has 0 saturated heterocycles. The van der Waals surface area contributed by atoms with E-state index in [4.69, 9.17) is 0 Å². The number of benzene rings is 1. The Morgan fingerprint density at radius 3 is 2.80 bits per heavy atom. The van der Waals surface area contributed by atoms with Gasteiger partial charge >= 0.3 is 0 Å². The van der Waals surface area contributed by atoms with Crippen LogP contribution in [0.4, 0.5) is 5.69 Å². The summed E-state index contributed by atoms with van der Waals surface area (Å²) in [5.41, 5.74) is 2.32. The Morgan fingerprint density at radius 1 is 1.25 bits per heavy atom. The molecule has 20 heavy (non-hydrogen) atoms. The zero-order valence-corrected chi connectivity index (χ0v) is 12.6. The van der Waals surface area contributed by atoms with E-state index in [-0.39, 0.29) is 16.4 Å². The number of para-hydroxylation sites is 1. The van der Waals surface area contributed by atoms with Gasteiger partial charge in [-0.3, -0.25) is 4.79 Å². The maximum Gasteiger partial charge on any atom is 0.141 e. The first-order valence-electron chi connectivity index (χ1n) is 7.87. The minimum Gasteiger partial charge on any atom is -0.377 e. The molecule has 2 nitrogen and oxygen atoms in total. The molecule has 2 saturated carbocycles. The molecule has 1 N–H and O–H groups in total. The van der Waals surface area contributed by atoms with E-state index in [1.807, 2.05) is 0 Å². The summed E-state index contributed by atoms with van der Waals surface area (Å²) in [6.45, 7) is 6.67. The molecule has 106 valence electrons. The summed E-state index contributed by atoms with van der Waals surface area (Å²) in [5.74, 6) is 0.971. The predicted octanol–water partition coefficient (Wildman–Crippen LogP) is 3.91. The van der Waals surface area contributed by atoms with Crippen LogP contribution in [0.1, 0.15) is 52.0 Å². The van der Waals surface area contributed by atoms with Crippen molar-refractivity contribution < 1.29 is 4.79 Å². The van der Waals surface area contributed by atoms with Gasteiger partial charge in [0.1, 0.15) is 5.78 Å². The van der Waals surface area contributed by atoms with Crippen molar-refractivity contribution in [1.29, 1.82) is 0 Å². The molecule has 1 aliphatic heterocycles. The van der Waals surface area contributed by atoms with Gasteiger partial charge in [0.2, 0.25) is 0 Å². The molecule has 2 heteroatoms. The molecule has 4 rings (SSSR count). The van der Waals surface area contributed by atoms with E-state index >= 15 is 0 Å². The lowest BCUT2D eigenvalue weighted by Crippen LogP contribution is -2.62. The van der Waals surface area contributed by atoms with Gasteiger partial charge < -0.3 is 5.32 Å². The van der Waals surface area contributed by atoms with Crippen LogP contribution in [-0.4, -0.2) is 11.3 Å². The van der Waals surface area contributed by atoms with E-state index in [9.17, 15) is 4.79 Å². The molecule has 2 fully saturated rings. The van der Waals surface area contributed by atoms with Crippen molar-refractivity contribution >= 4 is 11.5 Å². The second-order valence-corrected chi connectivity index (χ2v) is 7.58. The Labute approximate surface area is 121 Å². The number of hydrogen-bond donors (Lipinski definition) is 1. The van der Waals surface area contributed by atoms with Gasteiger partial charge in [0.25, 0.3) is 0 Å². The highest BCUT2D eigenvalue weighted by Crippen LogP contribution is 2.69. The SMILES string of the molecule is C[C@@H]1CCCC23CC(=O)C(C)(C)C12Nc1ccccc13. The summed E-state index contributed by atoms with van der Waals surface area (Å²) >= 11 is 0. The topological polar surface area (TPSA) is 29.1 Å². The smallest absolute Gasteiger partial charge is 0.141 e. The molecule has 1 aromatic carbocycles. The fourth-order valence-electron chi connectivity index (χ4n) is 5.82. The zero-order chi connectivity index (χ0) is 14.2. The molecule has 3 aliphatic rings. The summed E-state index contributed by atoms with van der Waals surface area (Å²) in [6, 6.07) is 8.67. The van der Waals surface area contributed by atoms with E-state index in [1.54, 1.807) is 0 Å². The summed E-state index contributed by atoms with van der Waals surface area (Å²) in [6.07, 6.45) is 4.33. The number of nitrogens with one attached hydrogen (secondary N) is 1. The maximum absolute atomic E-state index is 12.8. The molecule has 0 radical (unpaired) electrons. The number of carbonyl (C=O) groups excluding carboxylic acids is 1. The number of ketones is 1. The van der Waals surface area contributed by atoms with Crippen molar-refractivity contribution in [1.82, 2.24) is 0 Å². The Morgan fingerprint density at radius 2 is 2.00 bits per heavy atom. The minimum atomic E-state index is -0.286. The second kappa shape index (κ2) is 3.47. The minimum absolute atomic E-state index is 0.0296. The second-order valence-electron chi connectivity index (χ2n) is 7.58. The number of Topliss-reactive ketones (excluding diaryl/α,β-unsaturated/α-hetero) is 1. The fourth-order valence-corrected chi connectivity index (χ4v) is 5.82. The molecule has 2 unspecified atom stereocenters. The molecule has 0 amide bonds. The van der Waals surface area contributed by atoms with Crippen LogP contribution in [0.3, 0.4) is 0 Å². The first kappa shape index (κ1) is 12.4. The third kappa shape index (κ3) is 1.05. The maximum atomic E-state index is 12.8. The monoisotopic (exact) mass is 269 g/mol. The van der Waals surface area contributed by atoms with Crippen LogP contribution >= 0.6 is 0 Å². The third-order valence-electron chi connectivity index (χ3n) is 6.65. The van der Waals surface area contributed by atoms with Gasteiger partial charge in [-0.2, -0.15) is 0 Å². The van der Waals surface area contributed by atoms with Crippen LogP contribution in [0, 0.1) is 11.3 Å². The van der Waals surface area contributed by atoms with Gasteiger partial charge in [-0.05, 0) is 30.4 Å². The van der Waals surface area contributed by atoms with Crippen LogP contribution < -0.4 is 5.32 Å². The number of rotatable bonds is 0. The van der Waals surface area contributed by atoms with E-state index in [0.29, 0.717) is 18.1 Å². The van der Waals surface area contributed by atoms with E-state index in [0.717, 1.165) is 6.42 Å². The van der Waals surface area contributed by atoms with Crippen LogP contribution in [-0.2, 0) is 10.2 Å². The fraction of sp³-hybridized carbons (Fsp3) is 0.611. The van der Waals surface area contributed by atoms with Crippen LogP contribution in [0.2, 0.25) is 0 Å². The lowest BCUT2D eigenvalue weighted by molar-refractivity contribution is -0.126. The summed E-state index contributed by atoms with van der Waals surface area (Å²) < 4.78 is 0. The van der Waals surface area contributed by atoms with E-state index in [1.165, 1.54) is 24.1 Å². The molecule has 0 spiro atoms. The van der Waals surface area contributed by atoms with Gasteiger partial charge in [0.15, 0.2) is 0 Å². The Hall–Kier alpha value is -1.31. The summed E-state index contributed by atoms with van der Waals surface area (Å²) in [5, 5.41) is 3.85. The average Bonchev–Trinajstić information content (AvgIpc) is 2.80. The Bertz CT molecular complexity index is 605. The quantitative estimate of drug-likeness (QED) is 0.773. The number of anilines is 1. The van der Waals surface area contributed by atoms with Crippen molar-refractivity contribution in [2.24, 2.45) is 11.3 Å². The van der Waals surface area contributed by atoms with Gasteiger partial charge in [-0.15, -0.1) is 0 Å². The van der Waals surface area contributed by atoms with Gasteiger partial charge in [0.05, 0.1) is 5.54 Å². The molecule has 3 atom stereocenters. The molecular formula is C18H23NO. The highest BCUT2D eigenvalue weighted by molar-refractivity contribution is 5.95. The lowest BCUT2D eigenvalue weighted by atomic mass is 9.52. The number of fused-ring (bicyclic) bond motifs is 1. The van der Waals surface area contributed by atoms with Gasteiger partial charge in [-0.1, -0.05) is 45.4 Å². The molecule has 0 bridgehead atoms. The van der Waals surface area contributed by atoms with Gasteiger partial charge in [0, 0.05) is 22.9 Å². The van der Waals surface area contributed by atoms with Crippen molar-refractivity contribution in [3.8, 4) is 0 Å². The predicted molar refractivity (Wildman–Crippen MR) is 80.9 cm³/mol. The molecular weight excluding hydrogens is 246 g/mol. The molecule has 1 heterocycles. The van der Waals surface area contributed by atoms with Crippen molar-refractivity contribution in [3.63, 3.8) is 0 Å². The zero-order valence-electron chi connectivity index (χ0n) is 12.6. The highest BCUT2D eigenvalue weighted by atomic mass is 16.1. The third-order valence-corrected chi connectivity index (χ3v) is 6.65. The van der Waals surface area contributed by atoms with Crippen LogP contribution in [0.15, 0.2) is 24.3 Å². The molecule has 2 aliphatic carbocycles.